The van der Waals surface area contributed by atoms with Gasteiger partial charge >= 0.3 is 0 Å². The Morgan fingerprint density at radius 1 is 1.40 bits per heavy atom. The third kappa shape index (κ3) is 1.81. The van der Waals surface area contributed by atoms with E-state index in [0.717, 1.165) is 4.47 Å². The van der Waals surface area contributed by atoms with Gasteiger partial charge in [-0.1, -0.05) is 12.1 Å². The van der Waals surface area contributed by atoms with Gasteiger partial charge in [-0.2, -0.15) is 0 Å². The molecule has 1 rings (SSSR count). The van der Waals surface area contributed by atoms with E-state index in [9.17, 15) is 4.21 Å². The van der Waals surface area contributed by atoms with Crippen LogP contribution in [-0.4, -0.2) is 4.21 Å². The van der Waals surface area contributed by atoms with Crippen LogP contribution in [0.3, 0.4) is 0 Å². The fourth-order valence-corrected chi connectivity index (χ4v) is 2.39. The van der Waals surface area contributed by atoms with Gasteiger partial charge in [0.15, 0.2) is 0 Å². The van der Waals surface area contributed by atoms with Crippen LogP contribution in [-0.2, 0) is 10.0 Å². The second-order valence-electron chi connectivity index (χ2n) is 1.65. The standard InChI is InChI=1S/C6H4BrClOS/c7-5-3-1-2-4-6(5)10(8)9/h1-4H. The number of benzene rings is 1. The number of rotatable bonds is 1. The summed E-state index contributed by atoms with van der Waals surface area (Å²) in [5, 5.41) is 0. The molecule has 1 aromatic rings. The maximum absolute atomic E-state index is 10.7. The molecule has 0 saturated carbocycles. The molecule has 1 unspecified atom stereocenters. The van der Waals surface area contributed by atoms with E-state index < -0.39 is 10.0 Å². The van der Waals surface area contributed by atoms with Crippen molar-refractivity contribution < 1.29 is 4.21 Å². The second kappa shape index (κ2) is 3.51. The van der Waals surface area contributed by atoms with Crippen molar-refractivity contribution in [2.75, 3.05) is 0 Å². The molecule has 0 aliphatic carbocycles. The molecule has 0 fully saturated rings. The Bertz CT molecular complexity index is 264. The molecule has 0 aromatic heterocycles. The average Bonchev–Trinajstić information content (AvgIpc) is 1.88. The third-order valence-electron chi connectivity index (χ3n) is 1.01. The van der Waals surface area contributed by atoms with Gasteiger partial charge in [0.1, 0.15) is 10.0 Å². The van der Waals surface area contributed by atoms with E-state index in [-0.39, 0.29) is 0 Å². The predicted molar refractivity (Wildman–Crippen MR) is 46.4 cm³/mol. The fourth-order valence-electron chi connectivity index (χ4n) is 0.575. The molecule has 1 aromatic carbocycles. The maximum atomic E-state index is 10.7. The fraction of sp³-hybridized carbons (Fsp3) is 0. The molecule has 0 radical (unpaired) electrons. The number of hydrogen-bond donors (Lipinski definition) is 0. The highest BCUT2D eigenvalue weighted by Crippen LogP contribution is 2.20. The summed E-state index contributed by atoms with van der Waals surface area (Å²) in [6.45, 7) is 0. The summed E-state index contributed by atoms with van der Waals surface area (Å²) in [7, 11) is 3.94. The largest absolute Gasteiger partial charge is 0.237 e. The van der Waals surface area contributed by atoms with Crippen LogP contribution in [0.1, 0.15) is 0 Å². The van der Waals surface area contributed by atoms with Crippen LogP contribution in [0.15, 0.2) is 33.6 Å². The molecular formula is C6H4BrClOS. The lowest BCUT2D eigenvalue weighted by Gasteiger charge is -1.94. The van der Waals surface area contributed by atoms with E-state index in [1.165, 1.54) is 0 Å². The van der Waals surface area contributed by atoms with E-state index in [1.54, 1.807) is 18.2 Å². The number of hydrogen-bond acceptors (Lipinski definition) is 1. The molecule has 0 heterocycles. The molecular weight excluding hydrogens is 235 g/mol. The summed E-state index contributed by atoms with van der Waals surface area (Å²) < 4.78 is 11.5. The first kappa shape index (κ1) is 8.24. The third-order valence-corrected chi connectivity index (χ3v) is 3.16. The van der Waals surface area contributed by atoms with Gasteiger partial charge in [-0.05, 0) is 38.7 Å². The minimum absolute atomic E-state index is 0.615. The van der Waals surface area contributed by atoms with Gasteiger partial charge in [-0.15, -0.1) is 0 Å². The van der Waals surface area contributed by atoms with E-state index in [2.05, 4.69) is 15.9 Å². The lowest BCUT2D eigenvalue weighted by Crippen LogP contribution is -1.81. The van der Waals surface area contributed by atoms with Crippen LogP contribution in [0, 0.1) is 0 Å². The summed E-state index contributed by atoms with van der Waals surface area (Å²) in [5.74, 6) is 0. The minimum atomic E-state index is -1.42. The van der Waals surface area contributed by atoms with Crippen LogP contribution in [0.25, 0.3) is 0 Å². The van der Waals surface area contributed by atoms with Crippen molar-refractivity contribution in [1.82, 2.24) is 0 Å². The van der Waals surface area contributed by atoms with Gasteiger partial charge in [0.2, 0.25) is 0 Å². The molecule has 0 spiro atoms. The van der Waals surface area contributed by atoms with Gasteiger partial charge in [0.05, 0.1) is 4.90 Å². The van der Waals surface area contributed by atoms with Crippen molar-refractivity contribution in [3.63, 3.8) is 0 Å². The Labute approximate surface area is 74.5 Å². The SMILES string of the molecule is O=S(Cl)c1ccccc1Br. The van der Waals surface area contributed by atoms with Crippen LogP contribution >= 0.6 is 26.6 Å². The van der Waals surface area contributed by atoms with E-state index in [1.807, 2.05) is 6.07 Å². The lowest BCUT2D eigenvalue weighted by molar-refractivity contribution is 0.691. The highest BCUT2D eigenvalue weighted by Gasteiger charge is 2.02. The first-order valence-electron chi connectivity index (χ1n) is 2.54. The summed E-state index contributed by atoms with van der Waals surface area (Å²) in [4.78, 5) is 0.615. The van der Waals surface area contributed by atoms with Gasteiger partial charge in [-0.25, -0.2) is 4.21 Å². The van der Waals surface area contributed by atoms with Gasteiger partial charge in [0.25, 0.3) is 0 Å². The Hall–Kier alpha value is 0.140. The Morgan fingerprint density at radius 2 is 2.00 bits per heavy atom. The molecule has 54 valence electrons. The van der Waals surface area contributed by atoms with Crippen LogP contribution in [0.2, 0.25) is 0 Å². The van der Waals surface area contributed by atoms with Crippen molar-refractivity contribution in [2.45, 2.75) is 4.90 Å². The van der Waals surface area contributed by atoms with Crippen molar-refractivity contribution in [3.05, 3.63) is 28.7 Å². The van der Waals surface area contributed by atoms with E-state index in [4.69, 9.17) is 10.7 Å². The predicted octanol–water partition coefficient (Wildman–Crippen LogP) is 2.71. The summed E-state index contributed by atoms with van der Waals surface area (Å²) in [5.41, 5.74) is 0. The molecule has 0 N–H and O–H groups in total. The first-order chi connectivity index (χ1) is 4.72. The Balaban J connectivity index is 3.15. The minimum Gasteiger partial charge on any atom is -0.237 e. The molecule has 1 atom stereocenters. The van der Waals surface area contributed by atoms with Gasteiger partial charge in [-0.3, -0.25) is 0 Å². The normalized spacial score (nSPS) is 13.0. The maximum Gasteiger partial charge on any atom is 0.148 e. The zero-order valence-corrected chi connectivity index (χ0v) is 8.04. The van der Waals surface area contributed by atoms with Gasteiger partial charge in [0, 0.05) is 4.47 Å². The van der Waals surface area contributed by atoms with E-state index >= 15 is 0 Å². The van der Waals surface area contributed by atoms with E-state index in [0.29, 0.717) is 4.90 Å². The lowest BCUT2D eigenvalue weighted by atomic mass is 10.4. The Kier molecular flexibility index (Phi) is 2.89. The zero-order valence-electron chi connectivity index (χ0n) is 4.88. The molecule has 0 amide bonds. The highest BCUT2D eigenvalue weighted by molar-refractivity contribution is 9.10. The zero-order chi connectivity index (χ0) is 7.56. The highest BCUT2D eigenvalue weighted by atomic mass is 79.9. The second-order valence-corrected chi connectivity index (χ2v) is 4.24. The molecule has 0 aliphatic heterocycles. The molecule has 0 aliphatic rings. The quantitative estimate of drug-likeness (QED) is 0.689. The molecule has 0 bridgehead atoms. The number of halogens is 2. The molecule has 0 saturated heterocycles. The van der Waals surface area contributed by atoms with Gasteiger partial charge < -0.3 is 0 Å². The molecule has 1 nitrogen and oxygen atoms in total. The first-order valence-corrected chi connectivity index (χ1v) is 5.31. The van der Waals surface area contributed by atoms with Crippen LogP contribution in [0.4, 0.5) is 0 Å². The Morgan fingerprint density at radius 3 is 2.40 bits per heavy atom. The van der Waals surface area contributed by atoms with Crippen molar-refractivity contribution in [3.8, 4) is 0 Å². The van der Waals surface area contributed by atoms with Crippen molar-refractivity contribution in [2.24, 2.45) is 0 Å². The molecule has 10 heavy (non-hydrogen) atoms. The monoisotopic (exact) mass is 238 g/mol. The summed E-state index contributed by atoms with van der Waals surface area (Å²) >= 11 is 3.22. The molecule has 4 heteroatoms. The van der Waals surface area contributed by atoms with Crippen LogP contribution in [0.5, 0.6) is 0 Å². The van der Waals surface area contributed by atoms with Crippen LogP contribution < -0.4 is 0 Å². The van der Waals surface area contributed by atoms with Crippen molar-refractivity contribution in [1.29, 1.82) is 0 Å². The van der Waals surface area contributed by atoms with Crippen molar-refractivity contribution >= 4 is 36.6 Å². The smallest absolute Gasteiger partial charge is 0.148 e. The topological polar surface area (TPSA) is 17.1 Å². The summed E-state index contributed by atoms with van der Waals surface area (Å²) in [6.07, 6.45) is 0. The average molecular weight is 240 g/mol. The summed E-state index contributed by atoms with van der Waals surface area (Å²) in [6, 6.07) is 7.15.